The van der Waals surface area contributed by atoms with Gasteiger partial charge in [0.25, 0.3) is 5.56 Å². The van der Waals surface area contributed by atoms with Crippen LogP contribution in [0.3, 0.4) is 0 Å². The molecule has 0 atom stereocenters. The number of H-pyrrole nitrogens is 1. The number of fused-ring (bicyclic) bond motifs is 1. The number of hydrogen-bond donors (Lipinski definition) is 1. The third-order valence-corrected chi connectivity index (χ3v) is 4.63. The van der Waals surface area contributed by atoms with Gasteiger partial charge >= 0.3 is 0 Å². The highest BCUT2D eigenvalue weighted by atomic mass is 19.1. The van der Waals surface area contributed by atoms with Crippen LogP contribution < -0.4 is 5.56 Å². The van der Waals surface area contributed by atoms with Crippen LogP contribution in [0.15, 0.2) is 35.3 Å². The van der Waals surface area contributed by atoms with E-state index in [1.54, 1.807) is 6.07 Å². The fraction of sp³-hybridized carbons (Fsp3) is 0.333. The van der Waals surface area contributed by atoms with Gasteiger partial charge in [0.15, 0.2) is 0 Å². The number of halogens is 1. The Balaban J connectivity index is 1.91. The fourth-order valence-electron chi connectivity index (χ4n) is 3.11. The smallest absolute Gasteiger partial charge is 0.274 e. The first-order valence-electron chi connectivity index (χ1n) is 7.82. The summed E-state index contributed by atoms with van der Waals surface area (Å²) in [5.41, 5.74) is 2.81. The summed E-state index contributed by atoms with van der Waals surface area (Å²) in [6, 6.07) is 6.45. The van der Waals surface area contributed by atoms with Crippen LogP contribution in [0.5, 0.6) is 0 Å². The van der Waals surface area contributed by atoms with Crippen LogP contribution >= 0.6 is 0 Å². The molecule has 1 aliphatic rings. The summed E-state index contributed by atoms with van der Waals surface area (Å²) in [6.45, 7) is 4.04. The third kappa shape index (κ3) is 2.36. The minimum absolute atomic E-state index is 0.0450. The minimum Gasteiger partial charge on any atom is -0.323 e. The summed E-state index contributed by atoms with van der Waals surface area (Å²) in [5, 5.41) is 0. The maximum Gasteiger partial charge on any atom is 0.274 e. The molecule has 1 fully saturated rings. The van der Waals surface area contributed by atoms with Crippen molar-refractivity contribution in [3.05, 3.63) is 69.4 Å². The second kappa shape index (κ2) is 4.78. The zero-order valence-electron chi connectivity index (χ0n) is 13.2. The van der Waals surface area contributed by atoms with E-state index in [0.717, 1.165) is 29.9 Å². The van der Waals surface area contributed by atoms with Gasteiger partial charge in [0.05, 0.1) is 5.69 Å². The molecule has 2 aromatic heterocycles. The molecule has 3 aromatic rings. The molecule has 1 aromatic carbocycles. The second-order valence-electron chi connectivity index (χ2n) is 6.73. The van der Waals surface area contributed by atoms with E-state index in [4.69, 9.17) is 4.98 Å². The van der Waals surface area contributed by atoms with E-state index in [1.165, 1.54) is 12.1 Å². The SMILES string of the molecule is Cc1cn2c(C3(C)CC3)nc(Cc3cccc(F)c3)c2c(=O)[nH]1. The van der Waals surface area contributed by atoms with E-state index in [2.05, 4.69) is 11.9 Å². The standard InChI is InChI=1S/C18H18FN3O/c1-11-10-22-15(16(23)20-11)14(21-17(22)18(2)6-7-18)9-12-4-3-5-13(19)8-12/h3-5,8,10H,6-7,9H2,1-2H3,(H,20,23). The summed E-state index contributed by atoms with van der Waals surface area (Å²) >= 11 is 0. The molecule has 1 N–H and O–H groups in total. The van der Waals surface area contributed by atoms with Crippen molar-refractivity contribution in [1.29, 1.82) is 0 Å². The molecule has 0 unspecified atom stereocenters. The van der Waals surface area contributed by atoms with Crippen LogP contribution in [-0.4, -0.2) is 14.4 Å². The Morgan fingerprint density at radius 1 is 1.39 bits per heavy atom. The summed E-state index contributed by atoms with van der Waals surface area (Å²) < 4.78 is 15.4. The highest BCUT2D eigenvalue weighted by molar-refractivity contribution is 5.54. The number of aryl methyl sites for hydroxylation is 1. The van der Waals surface area contributed by atoms with Gasteiger partial charge in [-0.2, -0.15) is 0 Å². The van der Waals surface area contributed by atoms with Crippen LogP contribution in [0.2, 0.25) is 0 Å². The molecule has 0 saturated heterocycles. The van der Waals surface area contributed by atoms with Crippen LogP contribution in [0, 0.1) is 12.7 Å². The Bertz CT molecular complexity index is 966. The van der Waals surface area contributed by atoms with Gasteiger partial charge in [-0.05, 0) is 37.5 Å². The first-order valence-corrected chi connectivity index (χ1v) is 7.82. The molecule has 0 radical (unpaired) electrons. The third-order valence-electron chi connectivity index (χ3n) is 4.63. The Labute approximate surface area is 133 Å². The number of nitrogens with one attached hydrogen (secondary N) is 1. The maximum atomic E-state index is 13.4. The molecule has 4 rings (SSSR count). The van der Waals surface area contributed by atoms with E-state index >= 15 is 0 Å². The molecule has 1 aliphatic carbocycles. The van der Waals surface area contributed by atoms with Crippen molar-refractivity contribution in [2.24, 2.45) is 0 Å². The molecule has 4 nitrogen and oxygen atoms in total. The van der Waals surface area contributed by atoms with Gasteiger partial charge in [-0.3, -0.25) is 9.20 Å². The predicted molar refractivity (Wildman–Crippen MR) is 86.3 cm³/mol. The van der Waals surface area contributed by atoms with Crippen molar-refractivity contribution >= 4 is 5.52 Å². The summed E-state index contributed by atoms with van der Waals surface area (Å²) in [4.78, 5) is 20.1. The molecular weight excluding hydrogens is 293 g/mol. The second-order valence-corrected chi connectivity index (χ2v) is 6.73. The number of aromatic nitrogens is 3. The lowest BCUT2D eigenvalue weighted by Crippen LogP contribution is -2.14. The van der Waals surface area contributed by atoms with Gasteiger partial charge in [-0.15, -0.1) is 0 Å². The fourth-order valence-corrected chi connectivity index (χ4v) is 3.11. The van der Waals surface area contributed by atoms with Crippen LogP contribution in [0.25, 0.3) is 5.52 Å². The Morgan fingerprint density at radius 2 is 2.17 bits per heavy atom. The van der Waals surface area contributed by atoms with E-state index in [9.17, 15) is 9.18 Å². The first kappa shape index (κ1) is 14.2. The van der Waals surface area contributed by atoms with Gasteiger partial charge in [0, 0.05) is 23.7 Å². The highest BCUT2D eigenvalue weighted by Gasteiger charge is 2.43. The molecule has 1 saturated carbocycles. The molecule has 0 spiro atoms. The number of nitrogens with zero attached hydrogens (tertiary/aromatic N) is 2. The van der Waals surface area contributed by atoms with Crippen molar-refractivity contribution in [2.75, 3.05) is 0 Å². The van der Waals surface area contributed by atoms with Crippen molar-refractivity contribution in [1.82, 2.24) is 14.4 Å². The van der Waals surface area contributed by atoms with Gasteiger partial charge in [-0.25, -0.2) is 9.37 Å². The summed E-state index contributed by atoms with van der Waals surface area (Å²) in [7, 11) is 0. The number of benzene rings is 1. The molecule has 0 aliphatic heterocycles. The molecule has 2 heterocycles. The quantitative estimate of drug-likeness (QED) is 0.808. The van der Waals surface area contributed by atoms with Crippen LogP contribution in [-0.2, 0) is 11.8 Å². The summed E-state index contributed by atoms with van der Waals surface area (Å²) in [6.07, 6.45) is 4.54. The molecule has 0 bridgehead atoms. The van der Waals surface area contributed by atoms with E-state index in [0.29, 0.717) is 17.6 Å². The monoisotopic (exact) mass is 311 g/mol. The maximum absolute atomic E-state index is 13.4. The lowest BCUT2D eigenvalue weighted by Gasteiger charge is -2.07. The van der Waals surface area contributed by atoms with Crippen LogP contribution in [0.1, 0.15) is 42.5 Å². The Kier molecular flexibility index (Phi) is 2.95. The largest absolute Gasteiger partial charge is 0.323 e. The number of rotatable bonds is 3. The van der Waals surface area contributed by atoms with E-state index in [1.807, 2.05) is 23.6 Å². The Hall–Kier alpha value is -2.43. The van der Waals surface area contributed by atoms with Crippen molar-refractivity contribution in [3.63, 3.8) is 0 Å². The number of aromatic amines is 1. The lowest BCUT2D eigenvalue weighted by atomic mass is 10.1. The lowest BCUT2D eigenvalue weighted by molar-refractivity contribution is 0.626. The van der Waals surface area contributed by atoms with Crippen molar-refractivity contribution in [3.8, 4) is 0 Å². The summed E-state index contributed by atoms with van der Waals surface area (Å²) in [5.74, 6) is 0.665. The van der Waals surface area contributed by atoms with Gasteiger partial charge in [0.1, 0.15) is 17.2 Å². The Morgan fingerprint density at radius 3 is 2.87 bits per heavy atom. The molecule has 0 amide bonds. The minimum atomic E-state index is -0.273. The van der Waals surface area contributed by atoms with Gasteiger partial charge in [0.2, 0.25) is 0 Å². The number of hydrogen-bond acceptors (Lipinski definition) is 2. The predicted octanol–water partition coefficient (Wildman–Crippen LogP) is 3.11. The van der Waals surface area contributed by atoms with E-state index < -0.39 is 0 Å². The van der Waals surface area contributed by atoms with Gasteiger partial charge in [-0.1, -0.05) is 19.1 Å². The average Bonchev–Trinajstić information content (AvgIpc) is 3.11. The van der Waals surface area contributed by atoms with Gasteiger partial charge < -0.3 is 4.98 Å². The zero-order chi connectivity index (χ0) is 16.2. The zero-order valence-corrected chi connectivity index (χ0v) is 13.2. The van der Waals surface area contributed by atoms with Crippen molar-refractivity contribution < 1.29 is 4.39 Å². The normalized spacial score (nSPS) is 16.0. The van der Waals surface area contributed by atoms with Crippen molar-refractivity contribution in [2.45, 2.75) is 38.5 Å². The average molecular weight is 311 g/mol. The topological polar surface area (TPSA) is 50.2 Å². The molecule has 23 heavy (non-hydrogen) atoms. The highest BCUT2D eigenvalue weighted by Crippen LogP contribution is 2.47. The van der Waals surface area contributed by atoms with E-state index in [-0.39, 0.29) is 16.8 Å². The molecule has 5 heteroatoms. The number of imidazole rings is 1. The van der Waals surface area contributed by atoms with Crippen LogP contribution in [0.4, 0.5) is 4.39 Å². The first-order chi connectivity index (χ1) is 11.0. The molecule has 118 valence electrons. The molecular formula is C18H18FN3O.